The molecule has 0 atom stereocenters. The van der Waals surface area contributed by atoms with Gasteiger partial charge >= 0.3 is 17.1 Å². The second-order valence-electron chi connectivity index (χ2n) is 5.11. The fourth-order valence-corrected chi connectivity index (χ4v) is 2.07. The summed E-state index contributed by atoms with van der Waals surface area (Å²) in [6, 6.07) is 0. The van der Waals surface area contributed by atoms with Gasteiger partial charge in [-0.15, -0.1) is 13.1 Å². The average Bonchev–Trinajstić information content (AvgIpc) is 3.29. The monoisotopic (exact) mass is 347 g/mol. The third kappa shape index (κ3) is 10.8. The first-order valence-corrected chi connectivity index (χ1v) is 7.79. The first-order valence-electron chi connectivity index (χ1n) is 7.79. The molecule has 23 heavy (non-hydrogen) atoms. The average molecular weight is 347 g/mol. The third-order valence-corrected chi connectivity index (χ3v) is 3.24. The van der Waals surface area contributed by atoms with Gasteiger partial charge in [-0.2, -0.15) is 13.1 Å². The molecule has 15 radical (unpaired) electrons. The van der Waals surface area contributed by atoms with Crippen LogP contribution < -0.4 is 0 Å². The maximum Gasteiger partial charge on any atom is 2.00 e. The Kier molecular flexibility index (Phi) is 13.8. The molecule has 121 valence electrons. The Morgan fingerprint density at radius 1 is 0.522 bits per heavy atom. The van der Waals surface area contributed by atoms with Crippen LogP contribution in [0.5, 0.6) is 0 Å². The van der Waals surface area contributed by atoms with Gasteiger partial charge in [-0.3, -0.25) is 0 Å². The molecule has 3 rings (SSSR count). The Morgan fingerprint density at radius 2 is 0.870 bits per heavy atom. The molecular formula is C20H23FeN2. The molecule has 0 heterocycles. The van der Waals surface area contributed by atoms with Crippen LogP contribution in [0.15, 0.2) is 0 Å². The van der Waals surface area contributed by atoms with Crippen molar-refractivity contribution >= 4 is 0 Å². The molecule has 0 N–H and O–H groups in total. The zero-order chi connectivity index (χ0) is 15.3. The van der Waals surface area contributed by atoms with Crippen LogP contribution in [-0.4, -0.2) is 26.2 Å². The molecule has 3 aliphatic rings. The maximum absolute atomic E-state index is 4.49. The minimum Gasteiger partial charge on any atom is -0.662 e. The Morgan fingerprint density at radius 3 is 1.22 bits per heavy atom. The van der Waals surface area contributed by atoms with Gasteiger partial charge in [0, 0.05) is 0 Å². The third-order valence-electron chi connectivity index (χ3n) is 3.24. The standard InChI is InChI=1S/C15H18N2.C5H5.Fe/c1-2-7-14(6-1)12-16-10-5-11-17-13-15-8-3-4-9-15;1-2-4-5-3-1;/h1-4,6-9H,5,10-13H2;1-5H;/q-2;;+2. The Bertz CT molecular complexity index is 216. The summed E-state index contributed by atoms with van der Waals surface area (Å²) < 4.78 is 0. The van der Waals surface area contributed by atoms with E-state index in [-0.39, 0.29) is 17.1 Å². The fraction of sp³-hybridized carbons (Fsp3) is 0.250. The van der Waals surface area contributed by atoms with E-state index in [1.54, 1.807) is 0 Å². The van der Waals surface area contributed by atoms with Crippen molar-refractivity contribution in [2.45, 2.75) is 6.42 Å². The quantitative estimate of drug-likeness (QED) is 0.470. The van der Waals surface area contributed by atoms with Crippen molar-refractivity contribution < 1.29 is 17.1 Å². The summed E-state index contributed by atoms with van der Waals surface area (Å²) in [5.74, 6) is 2.61. The molecule has 2 nitrogen and oxygen atoms in total. The number of hydrogen-bond acceptors (Lipinski definition) is 0. The van der Waals surface area contributed by atoms with Crippen molar-refractivity contribution in [3.8, 4) is 0 Å². The van der Waals surface area contributed by atoms with Gasteiger partial charge in [-0.05, 0) is 95.3 Å². The molecule has 0 bridgehead atoms. The smallest absolute Gasteiger partial charge is 0.662 e. The molecule has 0 amide bonds. The molecule has 0 aromatic rings. The Hall–Kier alpha value is 0.439. The minimum absolute atomic E-state index is 0. The van der Waals surface area contributed by atoms with Crippen LogP contribution in [-0.2, 0) is 17.1 Å². The summed E-state index contributed by atoms with van der Waals surface area (Å²) in [5, 5.41) is 8.98. The van der Waals surface area contributed by atoms with E-state index >= 15 is 0 Å². The van der Waals surface area contributed by atoms with E-state index in [0.717, 1.165) is 32.6 Å². The molecule has 0 aliphatic heterocycles. The zero-order valence-corrected chi connectivity index (χ0v) is 14.4. The molecule has 3 heteroatoms. The van der Waals surface area contributed by atoms with Crippen LogP contribution in [0.2, 0.25) is 0 Å². The van der Waals surface area contributed by atoms with E-state index in [4.69, 9.17) is 0 Å². The molecule has 0 aromatic carbocycles. The van der Waals surface area contributed by atoms with Crippen LogP contribution in [0.1, 0.15) is 6.42 Å². The van der Waals surface area contributed by atoms with Crippen molar-refractivity contribution in [1.29, 1.82) is 0 Å². The van der Waals surface area contributed by atoms with Gasteiger partial charge in [0.25, 0.3) is 0 Å². The van der Waals surface area contributed by atoms with E-state index in [9.17, 15) is 0 Å². The number of hydrogen-bond donors (Lipinski definition) is 0. The molecule has 0 unspecified atom stereocenters. The van der Waals surface area contributed by atoms with E-state index in [1.165, 1.54) is 11.8 Å². The summed E-state index contributed by atoms with van der Waals surface area (Å²) in [5.41, 5.74) is 0. The van der Waals surface area contributed by atoms with Gasteiger partial charge in [0.2, 0.25) is 0 Å². The van der Waals surface area contributed by atoms with Gasteiger partial charge < -0.3 is 10.6 Å². The largest absolute Gasteiger partial charge is 2.00 e. The summed E-state index contributed by atoms with van der Waals surface area (Å²) in [4.78, 5) is 0. The first kappa shape index (κ1) is 21.5. The summed E-state index contributed by atoms with van der Waals surface area (Å²) in [6.07, 6.45) is 27.7. The number of rotatable bonds is 8. The Balaban J connectivity index is 0.000000377. The summed E-state index contributed by atoms with van der Waals surface area (Å²) in [7, 11) is 0. The van der Waals surface area contributed by atoms with E-state index in [2.05, 4.69) is 62.0 Å². The van der Waals surface area contributed by atoms with Crippen LogP contribution in [0.25, 0.3) is 10.6 Å². The van der Waals surface area contributed by atoms with Crippen LogP contribution >= 0.6 is 0 Å². The summed E-state index contributed by atoms with van der Waals surface area (Å²) >= 11 is 0. The molecule has 3 saturated carbocycles. The van der Waals surface area contributed by atoms with Crippen molar-refractivity contribution in [3.05, 3.63) is 106 Å². The van der Waals surface area contributed by atoms with Gasteiger partial charge in [-0.1, -0.05) is 6.42 Å². The predicted octanol–water partition coefficient (Wildman–Crippen LogP) is 3.95. The molecule has 0 saturated heterocycles. The van der Waals surface area contributed by atoms with Gasteiger partial charge in [0.05, 0.1) is 0 Å². The topological polar surface area (TPSA) is 28.2 Å². The molecule has 0 spiro atoms. The molecule has 0 aromatic heterocycles. The number of nitrogens with zero attached hydrogens (tertiary/aromatic N) is 2. The van der Waals surface area contributed by atoms with Crippen LogP contribution in [0.3, 0.4) is 0 Å². The second-order valence-corrected chi connectivity index (χ2v) is 5.11. The molecular weight excluding hydrogens is 324 g/mol. The van der Waals surface area contributed by atoms with Crippen molar-refractivity contribution in [3.63, 3.8) is 0 Å². The van der Waals surface area contributed by atoms with E-state index in [1.807, 2.05) is 32.1 Å². The van der Waals surface area contributed by atoms with Crippen molar-refractivity contribution in [2.24, 2.45) is 0 Å². The Labute approximate surface area is 155 Å². The molecule has 3 fully saturated rings. The zero-order valence-electron chi connectivity index (χ0n) is 13.3. The normalized spacial score (nSPS) is 21.9. The predicted molar refractivity (Wildman–Crippen MR) is 93.2 cm³/mol. The minimum atomic E-state index is 0. The van der Waals surface area contributed by atoms with E-state index < -0.39 is 0 Å². The SMILES string of the molecule is [CH]1[CH][CH][CH][CH]1.[CH]1[CH][CH][C](C[N-]CCC[N-]C[C]2[CH][CH][CH][CH]2)[CH]1.[Fe+2]. The van der Waals surface area contributed by atoms with Crippen molar-refractivity contribution in [2.75, 3.05) is 26.2 Å². The van der Waals surface area contributed by atoms with Crippen molar-refractivity contribution in [1.82, 2.24) is 0 Å². The van der Waals surface area contributed by atoms with Crippen LogP contribution in [0.4, 0.5) is 0 Å². The van der Waals surface area contributed by atoms with Gasteiger partial charge in [0.1, 0.15) is 0 Å². The first-order chi connectivity index (χ1) is 10.9. The van der Waals surface area contributed by atoms with E-state index in [0.29, 0.717) is 0 Å². The van der Waals surface area contributed by atoms with Gasteiger partial charge in [0.15, 0.2) is 0 Å². The van der Waals surface area contributed by atoms with Crippen LogP contribution in [0, 0.1) is 95.3 Å². The summed E-state index contributed by atoms with van der Waals surface area (Å²) in [6.45, 7) is 3.51. The maximum atomic E-state index is 4.49. The molecule has 3 aliphatic carbocycles. The fourth-order valence-electron chi connectivity index (χ4n) is 2.07. The van der Waals surface area contributed by atoms with Gasteiger partial charge in [-0.25, -0.2) is 0 Å². The second kappa shape index (κ2) is 14.8.